The number of rotatable bonds is 5. The number of halogens is 1. The van der Waals surface area contributed by atoms with Gasteiger partial charge in [-0.2, -0.15) is 10.1 Å². The molecule has 0 unspecified atom stereocenters. The molecule has 1 saturated carbocycles. The molecule has 1 aliphatic rings. The van der Waals surface area contributed by atoms with Gasteiger partial charge >= 0.3 is 0 Å². The Kier molecular flexibility index (Phi) is 4.01. The number of hydrogen-bond acceptors (Lipinski definition) is 8. The number of nitrogens with zero attached hydrogens (tertiary/aromatic N) is 8. The van der Waals surface area contributed by atoms with Crippen LogP contribution in [0, 0.1) is 6.92 Å². The fourth-order valence-corrected chi connectivity index (χ4v) is 4.11. The lowest BCUT2D eigenvalue weighted by molar-refractivity contribution is 0.0290. The average Bonchev–Trinajstić information content (AvgIpc) is 3.50. The van der Waals surface area contributed by atoms with E-state index in [9.17, 15) is 4.39 Å². The van der Waals surface area contributed by atoms with Gasteiger partial charge in [0.15, 0.2) is 11.3 Å². The van der Waals surface area contributed by atoms with Gasteiger partial charge in [0.1, 0.15) is 24.2 Å². The van der Waals surface area contributed by atoms with Crippen molar-refractivity contribution in [2.45, 2.75) is 38.4 Å². The van der Waals surface area contributed by atoms with Crippen molar-refractivity contribution in [1.82, 2.24) is 39.3 Å². The lowest BCUT2D eigenvalue weighted by Gasteiger charge is -2.29. The van der Waals surface area contributed by atoms with Gasteiger partial charge in [-0.1, -0.05) is 0 Å². The second-order valence-corrected chi connectivity index (χ2v) is 7.92. The van der Waals surface area contributed by atoms with Crippen LogP contribution in [0.4, 0.5) is 4.39 Å². The van der Waals surface area contributed by atoms with E-state index in [1.165, 1.54) is 6.33 Å². The summed E-state index contributed by atoms with van der Waals surface area (Å²) < 4.78 is 29.3. The highest BCUT2D eigenvalue weighted by Gasteiger charge is 2.44. The van der Waals surface area contributed by atoms with Crippen molar-refractivity contribution in [1.29, 1.82) is 0 Å². The monoisotopic (exact) mass is 434 g/mol. The van der Waals surface area contributed by atoms with Gasteiger partial charge in [-0.3, -0.25) is 0 Å². The van der Waals surface area contributed by atoms with Crippen LogP contribution >= 0.6 is 0 Å². The molecule has 162 valence electrons. The lowest BCUT2D eigenvalue weighted by atomic mass is 9.82. The number of aryl methyl sites for hydroxylation is 1. The third-order valence-electron chi connectivity index (χ3n) is 6.01. The Labute approximate surface area is 181 Å². The van der Waals surface area contributed by atoms with E-state index in [0.29, 0.717) is 30.3 Å². The number of pyridine rings is 1. The second-order valence-electron chi connectivity index (χ2n) is 7.92. The zero-order valence-corrected chi connectivity index (χ0v) is 17.5. The molecule has 0 radical (unpaired) electrons. The molecule has 5 aromatic rings. The number of aromatic nitrogens is 8. The molecule has 0 saturated heterocycles. The summed E-state index contributed by atoms with van der Waals surface area (Å²) in [6, 6.07) is 3.93. The van der Waals surface area contributed by atoms with E-state index >= 15 is 0 Å². The van der Waals surface area contributed by atoms with Crippen molar-refractivity contribution in [3.8, 4) is 17.0 Å². The summed E-state index contributed by atoms with van der Waals surface area (Å²) in [4.78, 5) is 13.3. The molecule has 10 nitrogen and oxygen atoms in total. The number of ether oxygens (including phenoxy) is 1. The van der Waals surface area contributed by atoms with E-state index in [0.717, 1.165) is 34.4 Å². The first kappa shape index (κ1) is 18.8. The molecule has 6 rings (SSSR count). The van der Waals surface area contributed by atoms with Gasteiger partial charge in [-0.05, 0) is 38.3 Å². The van der Waals surface area contributed by atoms with E-state index < -0.39 is 5.67 Å². The molecule has 0 spiro atoms. The molecule has 32 heavy (non-hydrogen) atoms. The van der Waals surface area contributed by atoms with E-state index in [4.69, 9.17) is 9.15 Å². The van der Waals surface area contributed by atoms with Gasteiger partial charge in [0.25, 0.3) is 5.89 Å². The maximum absolute atomic E-state index is 14.6. The van der Waals surface area contributed by atoms with Crippen molar-refractivity contribution >= 4 is 16.7 Å². The van der Waals surface area contributed by atoms with Gasteiger partial charge in [-0.25, -0.2) is 18.9 Å². The summed E-state index contributed by atoms with van der Waals surface area (Å²) in [7, 11) is 1.57. The Bertz CT molecular complexity index is 1470. The van der Waals surface area contributed by atoms with Crippen molar-refractivity contribution in [2.24, 2.45) is 0 Å². The molecule has 0 N–H and O–H groups in total. The van der Waals surface area contributed by atoms with Crippen molar-refractivity contribution in [3.63, 3.8) is 0 Å². The Balaban J connectivity index is 1.42. The molecule has 1 aliphatic carbocycles. The van der Waals surface area contributed by atoms with Gasteiger partial charge in [0.05, 0.1) is 12.6 Å². The minimum absolute atomic E-state index is 0.0620. The summed E-state index contributed by atoms with van der Waals surface area (Å²) in [5, 5.41) is 12.2. The Morgan fingerprint density at radius 3 is 2.91 bits per heavy atom. The normalized spacial score (nSPS) is 15.3. The number of imidazole rings is 1. The van der Waals surface area contributed by atoms with Crippen LogP contribution in [0.1, 0.15) is 36.9 Å². The Morgan fingerprint density at radius 1 is 1.25 bits per heavy atom. The molecule has 0 bridgehead atoms. The van der Waals surface area contributed by atoms with E-state index in [1.807, 2.05) is 29.8 Å². The average molecular weight is 434 g/mol. The third kappa shape index (κ3) is 2.77. The van der Waals surface area contributed by atoms with Crippen LogP contribution in [-0.4, -0.2) is 46.4 Å². The predicted molar refractivity (Wildman–Crippen MR) is 111 cm³/mol. The van der Waals surface area contributed by atoms with E-state index in [1.54, 1.807) is 17.8 Å². The first-order valence-electron chi connectivity index (χ1n) is 10.3. The van der Waals surface area contributed by atoms with Gasteiger partial charge < -0.3 is 13.7 Å². The largest absolute Gasteiger partial charge is 0.479 e. The highest BCUT2D eigenvalue weighted by molar-refractivity contribution is 5.87. The first-order chi connectivity index (χ1) is 15.6. The van der Waals surface area contributed by atoms with Crippen LogP contribution in [0.5, 0.6) is 5.88 Å². The number of alkyl halides is 1. The zero-order valence-electron chi connectivity index (χ0n) is 17.5. The SMILES string of the molecule is COc1ncnn2ccc(-c3cnc4nc(C)n(Cc5nnc(C6(F)CCC6)o5)c4c3)c12. The number of hydrogen-bond donors (Lipinski definition) is 0. The van der Waals surface area contributed by atoms with Gasteiger partial charge in [0.2, 0.25) is 11.8 Å². The van der Waals surface area contributed by atoms with Gasteiger partial charge in [0, 0.05) is 23.5 Å². The quantitative estimate of drug-likeness (QED) is 0.415. The molecular formula is C21H19FN8O2. The fourth-order valence-electron chi connectivity index (χ4n) is 4.11. The smallest absolute Gasteiger partial charge is 0.253 e. The first-order valence-corrected chi connectivity index (χ1v) is 10.3. The number of methoxy groups -OCH3 is 1. The fraction of sp³-hybridized carbons (Fsp3) is 0.333. The van der Waals surface area contributed by atoms with E-state index in [2.05, 4.69) is 30.2 Å². The summed E-state index contributed by atoms with van der Waals surface area (Å²) in [5.41, 5.74) is 2.40. The molecule has 0 aliphatic heterocycles. The molecule has 5 heterocycles. The van der Waals surface area contributed by atoms with Gasteiger partial charge in [-0.15, -0.1) is 10.2 Å². The molecular weight excluding hydrogens is 415 g/mol. The summed E-state index contributed by atoms with van der Waals surface area (Å²) in [6.07, 6.45) is 6.73. The lowest BCUT2D eigenvalue weighted by Crippen LogP contribution is -2.29. The molecule has 0 atom stereocenters. The summed E-state index contributed by atoms with van der Waals surface area (Å²) in [5.74, 6) is 1.61. The molecule has 0 amide bonds. The topological polar surface area (TPSA) is 109 Å². The maximum atomic E-state index is 14.6. The van der Waals surface area contributed by atoms with Crippen molar-refractivity contribution < 1.29 is 13.5 Å². The zero-order chi connectivity index (χ0) is 21.9. The molecule has 1 fully saturated rings. The van der Waals surface area contributed by atoms with Crippen molar-refractivity contribution in [3.05, 3.63) is 48.5 Å². The van der Waals surface area contributed by atoms with Crippen LogP contribution < -0.4 is 4.74 Å². The predicted octanol–water partition coefficient (Wildman–Crippen LogP) is 3.24. The summed E-state index contributed by atoms with van der Waals surface area (Å²) >= 11 is 0. The standard InChI is InChI=1S/C21H19FN8O2/c1-12-26-18-15(29(12)10-16-27-28-20(32-16)21(22)5-3-6-21)8-13(9-23-18)14-4-7-30-17(14)19(31-2)24-11-25-30/h4,7-9,11H,3,5-6,10H2,1-2H3. The van der Waals surface area contributed by atoms with Crippen LogP contribution in [0.2, 0.25) is 0 Å². The van der Waals surface area contributed by atoms with E-state index in [-0.39, 0.29) is 12.4 Å². The van der Waals surface area contributed by atoms with Crippen LogP contribution in [0.3, 0.4) is 0 Å². The Hall–Kier alpha value is -3.89. The highest BCUT2D eigenvalue weighted by Crippen LogP contribution is 2.44. The second kappa shape index (κ2) is 6.81. The number of fused-ring (bicyclic) bond motifs is 2. The molecule has 0 aromatic carbocycles. The molecule has 5 aromatic heterocycles. The Morgan fingerprint density at radius 2 is 2.12 bits per heavy atom. The molecule has 11 heteroatoms. The minimum atomic E-state index is -1.48. The maximum Gasteiger partial charge on any atom is 0.253 e. The van der Waals surface area contributed by atoms with Crippen LogP contribution in [-0.2, 0) is 12.2 Å². The minimum Gasteiger partial charge on any atom is -0.479 e. The van der Waals surface area contributed by atoms with Crippen LogP contribution in [0.15, 0.2) is 35.3 Å². The summed E-state index contributed by atoms with van der Waals surface area (Å²) in [6.45, 7) is 2.16. The highest BCUT2D eigenvalue weighted by atomic mass is 19.1. The van der Waals surface area contributed by atoms with Crippen LogP contribution in [0.25, 0.3) is 27.8 Å². The third-order valence-corrected chi connectivity index (χ3v) is 6.01. The van der Waals surface area contributed by atoms with Crippen molar-refractivity contribution in [2.75, 3.05) is 7.11 Å².